The van der Waals surface area contributed by atoms with E-state index in [0.29, 0.717) is 5.92 Å². The van der Waals surface area contributed by atoms with E-state index in [-0.39, 0.29) is 5.91 Å². The first kappa shape index (κ1) is 15.5. The number of amides is 1. The number of aryl methyl sites for hydroxylation is 2. The molecular formula is C17H21N5OS. The van der Waals surface area contributed by atoms with Crippen molar-refractivity contribution in [2.45, 2.75) is 45.1 Å². The number of rotatable bonds is 3. The molecule has 1 amide bonds. The van der Waals surface area contributed by atoms with Crippen LogP contribution in [0.4, 0.5) is 0 Å². The highest BCUT2D eigenvalue weighted by molar-refractivity contribution is 7.09. The van der Waals surface area contributed by atoms with Gasteiger partial charge in [0.1, 0.15) is 11.6 Å². The first-order chi connectivity index (χ1) is 11.7. The van der Waals surface area contributed by atoms with Gasteiger partial charge in [-0.3, -0.25) is 4.79 Å². The van der Waals surface area contributed by atoms with Gasteiger partial charge in [0.25, 0.3) is 0 Å². The van der Waals surface area contributed by atoms with E-state index in [9.17, 15) is 4.79 Å². The molecule has 1 fully saturated rings. The van der Waals surface area contributed by atoms with Gasteiger partial charge in [0, 0.05) is 43.4 Å². The van der Waals surface area contributed by atoms with Crippen molar-refractivity contribution < 1.29 is 4.79 Å². The number of likely N-dealkylation sites (tertiary alicyclic amines) is 1. The maximum atomic E-state index is 12.3. The molecule has 0 spiro atoms. The molecule has 126 valence electrons. The highest BCUT2D eigenvalue weighted by atomic mass is 32.1. The van der Waals surface area contributed by atoms with Gasteiger partial charge in [0.15, 0.2) is 0 Å². The summed E-state index contributed by atoms with van der Waals surface area (Å²) in [7, 11) is 0. The SMILES string of the molecule is Cc1nc(/C=C/C(=O)N2CCC(c3nnc4n3CCC4)CC2)cs1. The van der Waals surface area contributed by atoms with Gasteiger partial charge in [-0.25, -0.2) is 4.98 Å². The topological polar surface area (TPSA) is 63.9 Å². The molecule has 4 rings (SSSR count). The highest BCUT2D eigenvalue weighted by Crippen LogP contribution is 2.29. The summed E-state index contributed by atoms with van der Waals surface area (Å²) in [5.41, 5.74) is 0.861. The number of nitrogens with zero attached hydrogens (tertiary/aromatic N) is 5. The fraction of sp³-hybridized carbons (Fsp3) is 0.529. The fourth-order valence-electron chi connectivity index (χ4n) is 3.55. The van der Waals surface area contributed by atoms with Crippen LogP contribution < -0.4 is 0 Å². The lowest BCUT2D eigenvalue weighted by Gasteiger charge is -2.30. The Morgan fingerprint density at radius 3 is 2.88 bits per heavy atom. The molecule has 2 aliphatic rings. The van der Waals surface area contributed by atoms with Crippen molar-refractivity contribution in [2.75, 3.05) is 13.1 Å². The zero-order valence-corrected chi connectivity index (χ0v) is 14.6. The lowest BCUT2D eigenvalue weighted by molar-refractivity contribution is -0.127. The Kier molecular flexibility index (Phi) is 4.18. The molecule has 0 aliphatic carbocycles. The number of carbonyl (C=O) groups is 1. The summed E-state index contributed by atoms with van der Waals surface area (Å²) in [4.78, 5) is 18.6. The van der Waals surface area contributed by atoms with Crippen molar-refractivity contribution in [3.63, 3.8) is 0 Å². The minimum absolute atomic E-state index is 0.0746. The highest BCUT2D eigenvalue weighted by Gasteiger charge is 2.28. The summed E-state index contributed by atoms with van der Waals surface area (Å²) in [6.07, 6.45) is 7.61. The van der Waals surface area contributed by atoms with E-state index in [2.05, 4.69) is 19.7 Å². The summed E-state index contributed by atoms with van der Waals surface area (Å²) in [5, 5.41) is 11.7. The second-order valence-electron chi connectivity index (χ2n) is 6.45. The number of fused-ring (bicyclic) bond motifs is 1. The van der Waals surface area contributed by atoms with E-state index in [0.717, 1.165) is 61.2 Å². The molecule has 0 N–H and O–H groups in total. The molecule has 0 saturated carbocycles. The van der Waals surface area contributed by atoms with Gasteiger partial charge in [-0.15, -0.1) is 21.5 Å². The van der Waals surface area contributed by atoms with Crippen LogP contribution in [0.2, 0.25) is 0 Å². The molecule has 4 heterocycles. The Morgan fingerprint density at radius 2 is 2.12 bits per heavy atom. The second kappa shape index (κ2) is 6.47. The molecule has 0 radical (unpaired) electrons. The second-order valence-corrected chi connectivity index (χ2v) is 7.52. The average molecular weight is 343 g/mol. The van der Waals surface area contributed by atoms with Crippen molar-refractivity contribution in [3.8, 4) is 0 Å². The Balaban J connectivity index is 1.35. The quantitative estimate of drug-likeness (QED) is 0.803. The van der Waals surface area contributed by atoms with Crippen molar-refractivity contribution in [1.82, 2.24) is 24.6 Å². The van der Waals surface area contributed by atoms with Crippen LogP contribution in [-0.4, -0.2) is 43.6 Å². The first-order valence-corrected chi connectivity index (χ1v) is 9.40. The van der Waals surface area contributed by atoms with Crippen LogP contribution in [0.15, 0.2) is 11.5 Å². The van der Waals surface area contributed by atoms with E-state index in [1.165, 1.54) is 6.42 Å². The molecule has 1 saturated heterocycles. The number of aromatic nitrogens is 4. The summed E-state index contributed by atoms with van der Waals surface area (Å²) in [5.74, 6) is 2.76. The van der Waals surface area contributed by atoms with E-state index in [4.69, 9.17) is 0 Å². The molecule has 7 heteroatoms. The van der Waals surface area contributed by atoms with Crippen molar-refractivity contribution in [1.29, 1.82) is 0 Å². The van der Waals surface area contributed by atoms with Crippen LogP contribution in [-0.2, 0) is 17.8 Å². The molecule has 0 atom stereocenters. The van der Waals surface area contributed by atoms with Crippen LogP contribution in [0.1, 0.15) is 47.5 Å². The lowest BCUT2D eigenvalue weighted by atomic mass is 9.96. The third kappa shape index (κ3) is 3.00. The van der Waals surface area contributed by atoms with Gasteiger partial charge < -0.3 is 9.47 Å². The summed E-state index contributed by atoms with van der Waals surface area (Å²) < 4.78 is 2.28. The third-order valence-electron chi connectivity index (χ3n) is 4.84. The molecule has 0 unspecified atom stereocenters. The Morgan fingerprint density at radius 1 is 1.29 bits per heavy atom. The standard InChI is InChI=1S/C17H21N5OS/c1-12-18-14(11-24-12)4-5-16(23)21-9-6-13(7-10-21)17-20-19-15-3-2-8-22(15)17/h4-5,11,13H,2-3,6-10H2,1H3/b5-4+. The summed E-state index contributed by atoms with van der Waals surface area (Å²) >= 11 is 1.60. The molecule has 24 heavy (non-hydrogen) atoms. The molecule has 0 aromatic carbocycles. The van der Waals surface area contributed by atoms with Crippen LogP contribution in [0.3, 0.4) is 0 Å². The van der Waals surface area contributed by atoms with Crippen LogP contribution in [0, 0.1) is 6.92 Å². The molecule has 6 nitrogen and oxygen atoms in total. The number of piperidine rings is 1. The third-order valence-corrected chi connectivity index (χ3v) is 5.64. The predicted molar refractivity (Wildman–Crippen MR) is 92.8 cm³/mol. The Hall–Kier alpha value is -2.02. The minimum Gasteiger partial charge on any atom is -0.339 e. The van der Waals surface area contributed by atoms with Gasteiger partial charge in [0.05, 0.1) is 10.7 Å². The van der Waals surface area contributed by atoms with Crippen LogP contribution in [0.25, 0.3) is 6.08 Å². The van der Waals surface area contributed by atoms with Gasteiger partial charge in [-0.1, -0.05) is 0 Å². The average Bonchev–Trinajstić information content (AvgIpc) is 3.29. The predicted octanol–water partition coefficient (Wildman–Crippen LogP) is 2.41. The molecule has 2 aromatic heterocycles. The van der Waals surface area contributed by atoms with Gasteiger partial charge >= 0.3 is 0 Å². The molecule has 0 bridgehead atoms. The monoisotopic (exact) mass is 343 g/mol. The largest absolute Gasteiger partial charge is 0.339 e. The molecular weight excluding hydrogens is 322 g/mol. The lowest BCUT2D eigenvalue weighted by Crippen LogP contribution is -2.37. The maximum absolute atomic E-state index is 12.3. The minimum atomic E-state index is 0.0746. The Labute approximate surface area is 145 Å². The van der Waals surface area contributed by atoms with Gasteiger partial charge in [-0.05, 0) is 32.3 Å². The van der Waals surface area contributed by atoms with Crippen molar-refractivity contribution >= 4 is 23.3 Å². The fourth-order valence-corrected chi connectivity index (χ4v) is 4.13. The van der Waals surface area contributed by atoms with E-state index < -0.39 is 0 Å². The van der Waals surface area contributed by atoms with Crippen molar-refractivity contribution in [3.05, 3.63) is 33.8 Å². The van der Waals surface area contributed by atoms with E-state index >= 15 is 0 Å². The zero-order valence-electron chi connectivity index (χ0n) is 13.8. The van der Waals surface area contributed by atoms with Gasteiger partial charge in [0.2, 0.25) is 5.91 Å². The smallest absolute Gasteiger partial charge is 0.246 e. The van der Waals surface area contributed by atoms with Crippen LogP contribution >= 0.6 is 11.3 Å². The zero-order chi connectivity index (χ0) is 16.5. The number of carbonyl (C=O) groups excluding carboxylic acids is 1. The Bertz CT molecular complexity index is 770. The van der Waals surface area contributed by atoms with E-state index in [1.54, 1.807) is 17.4 Å². The summed E-state index contributed by atoms with van der Waals surface area (Å²) in [6, 6.07) is 0. The summed E-state index contributed by atoms with van der Waals surface area (Å²) in [6.45, 7) is 4.58. The number of thiazole rings is 1. The van der Waals surface area contributed by atoms with Crippen LogP contribution in [0.5, 0.6) is 0 Å². The normalized spacial score (nSPS) is 18.5. The number of hydrogen-bond acceptors (Lipinski definition) is 5. The van der Waals surface area contributed by atoms with Crippen molar-refractivity contribution in [2.24, 2.45) is 0 Å². The number of hydrogen-bond donors (Lipinski definition) is 0. The molecule has 2 aromatic rings. The van der Waals surface area contributed by atoms with Gasteiger partial charge in [-0.2, -0.15) is 0 Å². The first-order valence-electron chi connectivity index (χ1n) is 8.52. The van der Waals surface area contributed by atoms with E-state index in [1.807, 2.05) is 23.3 Å². The maximum Gasteiger partial charge on any atom is 0.246 e. The molecule has 2 aliphatic heterocycles.